The van der Waals surface area contributed by atoms with Crippen LogP contribution in [0.4, 0.5) is 4.39 Å². The molecule has 0 spiro atoms. The Morgan fingerprint density at radius 3 is 2.60 bits per heavy atom. The van der Waals surface area contributed by atoms with Crippen LogP contribution in [0.25, 0.3) is 0 Å². The van der Waals surface area contributed by atoms with Crippen LogP contribution in [-0.4, -0.2) is 13.1 Å². The Hall–Kier alpha value is -1.42. The molecular weight excluding hydrogens is 197 g/mol. The van der Waals surface area contributed by atoms with Crippen molar-refractivity contribution >= 4 is 5.97 Å². The summed E-state index contributed by atoms with van der Waals surface area (Å²) in [5.74, 6) is -0.577. The van der Waals surface area contributed by atoms with E-state index in [4.69, 9.17) is 5.73 Å². The fourth-order valence-electron chi connectivity index (χ4n) is 1.25. The standard InChI is InChI=1S/C11H14FNO2/c1-15-11(14)7-6-10(13)8-2-4-9(12)5-3-8/h2-5,10H,6-7,13H2,1H3. The van der Waals surface area contributed by atoms with Crippen molar-refractivity contribution in [3.63, 3.8) is 0 Å². The second-order valence-corrected chi connectivity index (χ2v) is 3.27. The van der Waals surface area contributed by atoms with E-state index >= 15 is 0 Å². The smallest absolute Gasteiger partial charge is 0.305 e. The lowest BCUT2D eigenvalue weighted by atomic mass is 10.0. The predicted octanol–water partition coefficient (Wildman–Crippen LogP) is 1.78. The number of halogens is 1. The van der Waals surface area contributed by atoms with Crippen molar-refractivity contribution in [2.75, 3.05) is 7.11 Å². The third-order valence-corrected chi connectivity index (χ3v) is 2.19. The summed E-state index contributed by atoms with van der Waals surface area (Å²) < 4.78 is 17.1. The van der Waals surface area contributed by atoms with Gasteiger partial charge in [0.15, 0.2) is 0 Å². The third-order valence-electron chi connectivity index (χ3n) is 2.19. The van der Waals surface area contributed by atoms with Crippen molar-refractivity contribution in [3.05, 3.63) is 35.6 Å². The summed E-state index contributed by atoms with van der Waals surface area (Å²) in [6.45, 7) is 0. The van der Waals surface area contributed by atoms with Gasteiger partial charge in [0.1, 0.15) is 5.82 Å². The number of rotatable bonds is 4. The average Bonchev–Trinajstić information content (AvgIpc) is 2.26. The van der Waals surface area contributed by atoms with Gasteiger partial charge in [-0.1, -0.05) is 12.1 Å². The molecule has 0 aliphatic heterocycles. The van der Waals surface area contributed by atoms with Crippen molar-refractivity contribution in [1.82, 2.24) is 0 Å². The molecule has 2 N–H and O–H groups in total. The number of hydrogen-bond donors (Lipinski definition) is 1. The first-order chi connectivity index (χ1) is 7.13. The molecule has 1 aromatic carbocycles. The molecule has 0 bridgehead atoms. The highest BCUT2D eigenvalue weighted by atomic mass is 19.1. The summed E-state index contributed by atoms with van der Waals surface area (Å²) >= 11 is 0. The van der Waals surface area contributed by atoms with Crippen LogP contribution in [0.3, 0.4) is 0 Å². The largest absolute Gasteiger partial charge is 0.469 e. The molecule has 0 heterocycles. The highest BCUT2D eigenvalue weighted by molar-refractivity contribution is 5.69. The second kappa shape index (κ2) is 5.46. The van der Waals surface area contributed by atoms with Gasteiger partial charge in [0.05, 0.1) is 7.11 Å². The summed E-state index contributed by atoms with van der Waals surface area (Å²) in [5, 5.41) is 0. The van der Waals surface area contributed by atoms with Gasteiger partial charge in [-0.15, -0.1) is 0 Å². The summed E-state index contributed by atoms with van der Waals surface area (Å²) in [5.41, 5.74) is 6.64. The maximum absolute atomic E-state index is 12.6. The van der Waals surface area contributed by atoms with Crippen molar-refractivity contribution in [3.8, 4) is 0 Å². The zero-order valence-electron chi connectivity index (χ0n) is 8.57. The fourth-order valence-corrected chi connectivity index (χ4v) is 1.25. The Morgan fingerprint density at radius 2 is 2.07 bits per heavy atom. The molecule has 1 atom stereocenters. The van der Waals surface area contributed by atoms with E-state index in [0.29, 0.717) is 6.42 Å². The Bertz CT molecular complexity index is 324. The van der Waals surface area contributed by atoms with Crippen molar-refractivity contribution in [2.45, 2.75) is 18.9 Å². The van der Waals surface area contributed by atoms with Crippen LogP contribution in [-0.2, 0) is 9.53 Å². The molecule has 15 heavy (non-hydrogen) atoms. The summed E-state index contributed by atoms with van der Waals surface area (Å²) in [6.07, 6.45) is 0.771. The molecule has 0 saturated carbocycles. The second-order valence-electron chi connectivity index (χ2n) is 3.27. The van der Waals surface area contributed by atoms with Gasteiger partial charge in [-0.2, -0.15) is 0 Å². The summed E-state index contributed by atoms with van der Waals surface area (Å²) in [6, 6.07) is 5.69. The highest BCUT2D eigenvalue weighted by Crippen LogP contribution is 2.16. The van der Waals surface area contributed by atoms with Gasteiger partial charge in [0.2, 0.25) is 0 Å². The van der Waals surface area contributed by atoms with Crippen LogP contribution in [0, 0.1) is 5.82 Å². The van der Waals surface area contributed by atoms with Gasteiger partial charge in [-0.25, -0.2) is 4.39 Å². The molecule has 3 nitrogen and oxygen atoms in total. The van der Waals surface area contributed by atoms with Crippen LogP contribution < -0.4 is 5.73 Å². The molecule has 4 heteroatoms. The molecule has 0 aromatic heterocycles. The van der Waals surface area contributed by atoms with Crippen molar-refractivity contribution in [1.29, 1.82) is 0 Å². The highest BCUT2D eigenvalue weighted by Gasteiger charge is 2.09. The first-order valence-electron chi connectivity index (χ1n) is 4.71. The van der Waals surface area contributed by atoms with Crippen molar-refractivity contribution < 1.29 is 13.9 Å². The first kappa shape index (κ1) is 11.7. The lowest BCUT2D eigenvalue weighted by molar-refractivity contribution is -0.140. The van der Waals surface area contributed by atoms with E-state index in [2.05, 4.69) is 4.74 Å². The predicted molar refractivity (Wildman–Crippen MR) is 54.6 cm³/mol. The first-order valence-corrected chi connectivity index (χ1v) is 4.71. The number of methoxy groups -OCH3 is 1. The summed E-state index contributed by atoms with van der Waals surface area (Å²) in [7, 11) is 1.34. The van der Waals surface area contributed by atoms with E-state index < -0.39 is 0 Å². The molecule has 1 rings (SSSR count). The zero-order valence-corrected chi connectivity index (χ0v) is 8.57. The fraction of sp³-hybridized carbons (Fsp3) is 0.364. The van der Waals surface area contributed by atoms with Gasteiger partial charge in [0, 0.05) is 12.5 Å². The number of nitrogens with two attached hydrogens (primary N) is 1. The number of hydrogen-bond acceptors (Lipinski definition) is 3. The number of carbonyl (C=O) groups is 1. The zero-order chi connectivity index (χ0) is 11.3. The van der Waals surface area contributed by atoms with Crippen LogP contribution >= 0.6 is 0 Å². The van der Waals surface area contributed by atoms with Gasteiger partial charge >= 0.3 is 5.97 Å². The minimum Gasteiger partial charge on any atom is -0.469 e. The lowest BCUT2D eigenvalue weighted by Gasteiger charge is -2.10. The molecule has 0 aliphatic carbocycles. The average molecular weight is 211 g/mol. The van der Waals surface area contributed by atoms with Gasteiger partial charge in [-0.3, -0.25) is 4.79 Å². The Kier molecular flexibility index (Phi) is 4.24. The number of benzene rings is 1. The normalized spacial score (nSPS) is 12.2. The van der Waals surface area contributed by atoms with E-state index in [-0.39, 0.29) is 24.2 Å². The van der Waals surface area contributed by atoms with Gasteiger partial charge in [-0.05, 0) is 24.1 Å². The Balaban J connectivity index is 2.50. The van der Waals surface area contributed by atoms with Crippen LogP contribution in [0.2, 0.25) is 0 Å². The number of carbonyl (C=O) groups excluding carboxylic acids is 1. The Morgan fingerprint density at radius 1 is 1.47 bits per heavy atom. The van der Waals surface area contributed by atoms with Gasteiger partial charge in [0.25, 0.3) is 0 Å². The number of ether oxygens (including phenoxy) is 1. The Labute approximate surface area is 88.0 Å². The lowest BCUT2D eigenvalue weighted by Crippen LogP contribution is -2.12. The molecular formula is C11H14FNO2. The molecule has 1 aromatic rings. The van der Waals surface area contributed by atoms with E-state index in [1.54, 1.807) is 12.1 Å². The maximum Gasteiger partial charge on any atom is 0.305 e. The molecule has 82 valence electrons. The van der Waals surface area contributed by atoms with Crippen LogP contribution in [0.5, 0.6) is 0 Å². The van der Waals surface area contributed by atoms with E-state index in [0.717, 1.165) is 5.56 Å². The molecule has 0 amide bonds. The quantitative estimate of drug-likeness (QED) is 0.772. The number of esters is 1. The van der Waals surface area contributed by atoms with E-state index in [1.807, 2.05) is 0 Å². The monoisotopic (exact) mass is 211 g/mol. The topological polar surface area (TPSA) is 52.3 Å². The maximum atomic E-state index is 12.6. The SMILES string of the molecule is COC(=O)CCC(N)c1ccc(F)cc1. The van der Waals surface area contributed by atoms with Crippen LogP contribution in [0.1, 0.15) is 24.4 Å². The van der Waals surface area contributed by atoms with E-state index in [1.165, 1.54) is 19.2 Å². The van der Waals surface area contributed by atoms with Gasteiger partial charge < -0.3 is 10.5 Å². The molecule has 0 fully saturated rings. The molecule has 0 saturated heterocycles. The molecule has 1 unspecified atom stereocenters. The molecule has 0 aliphatic rings. The minimum absolute atomic E-state index is 0.260. The van der Waals surface area contributed by atoms with Crippen LogP contribution in [0.15, 0.2) is 24.3 Å². The molecule has 0 radical (unpaired) electrons. The van der Waals surface area contributed by atoms with E-state index in [9.17, 15) is 9.18 Å². The summed E-state index contributed by atoms with van der Waals surface area (Å²) in [4.78, 5) is 10.9. The minimum atomic E-state index is -0.293. The van der Waals surface area contributed by atoms with Crippen molar-refractivity contribution in [2.24, 2.45) is 5.73 Å². The third kappa shape index (κ3) is 3.67.